The third kappa shape index (κ3) is 20.2. The van der Waals surface area contributed by atoms with Crippen molar-refractivity contribution < 1.29 is 78.9 Å². The minimum Gasteiger partial charge on any atom is -1.00 e. The predicted molar refractivity (Wildman–Crippen MR) is 225 cm³/mol. The van der Waals surface area contributed by atoms with Gasteiger partial charge in [0.05, 0.1) is 22.7 Å². The topological polar surface area (TPSA) is 224 Å². The van der Waals surface area contributed by atoms with E-state index in [1.807, 2.05) is 121 Å². The Morgan fingerprint density at radius 3 is 1.03 bits per heavy atom. The molecular weight excluding hydrogens is 1160 g/mol. The van der Waals surface area contributed by atoms with Crippen molar-refractivity contribution >= 4 is 46.6 Å². The molecule has 0 spiro atoms. The Morgan fingerprint density at radius 1 is 0.542 bits per heavy atom. The first-order valence-corrected chi connectivity index (χ1v) is 18.3. The van der Waals surface area contributed by atoms with E-state index in [0.717, 1.165) is 88.7 Å². The van der Waals surface area contributed by atoms with Crippen molar-refractivity contribution in [1.82, 2.24) is 9.80 Å². The predicted octanol–water partition coefficient (Wildman–Crippen LogP) is 0.911. The Bertz CT molecular complexity index is 1730. The number of nitrogens with two attached hydrogens (primary N) is 2. The third-order valence-electron chi connectivity index (χ3n) is 8.22. The third-order valence-corrected chi connectivity index (χ3v) is 8.22. The molecule has 2 heterocycles. The molecule has 4 aromatic carbocycles. The number of anilines is 2. The van der Waals surface area contributed by atoms with Crippen LogP contribution in [0.2, 0.25) is 0 Å². The van der Waals surface area contributed by atoms with Crippen LogP contribution in [0.3, 0.4) is 0 Å². The quantitative estimate of drug-likeness (QED) is 0.0744. The SMILES string of the molecule is C[N+](=O)[O-].C[N+](=O)[O-].N=C(N1CCCCC1)N(C(N)=Nc1ccccc1)c1ccccc1.N=C(N1CCCCC1)N(C(N)=Nc1ccccc1)c1ccccc1.[I-].[I-].[Pt+2]. The van der Waals surface area contributed by atoms with Crippen molar-refractivity contribution in [3.8, 4) is 0 Å². The summed E-state index contributed by atoms with van der Waals surface area (Å²) < 4.78 is 0. The summed E-state index contributed by atoms with van der Waals surface area (Å²) in [5.41, 5.74) is 15.9. The van der Waals surface area contributed by atoms with Crippen LogP contribution in [-0.4, -0.2) is 83.8 Å². The van der Waals surface area contributed by atoms with Gasteiger partial charge in [0.15, 0.2) is 14.1 Å². The standard InChI is InChI=1S/2C19H23N5.2CH3NO2.2HI.Pt/c2*20-18(22-16-10-4-1-5-11-16)24(17-12-6-2-7-13-17)19(21)23-14-8-3-9-15-23;2*1-2(3)4;;;/h2*1-2,4-7,10-13,21H,3,8-9,14-15H2,(H2,20,22);2*1H3;2*1H;/q;;;;;;+2/p-2. The van der Waals surface area contributed by atoms with Gasteiger partial charge in [-0.05, 0) is 87.1 Å². The van der Waals surface area contributed by atoms with Crippen LogP contribution in [0, 0.1) is 31.0 Å². The monoisotopic (exact) mass is 1210 g/mol. The molecular formula is C40H52I2N12O4Pt. The molecule has 320 valence electrons. The molecule has 0 aliphatic carbocycles. The van der Waals surface area contributed by atoms with Gasteiger partial charge in [-0.2, -0.15) is 0 Å². The first-order valence-electron chi connectivity index (χ1n) is 18.3. The summed E-state index contributed by atoms with van der Waals surface area (Å²) in [5, 5.41) is 34.9. The van der Waals surface area contributed by atoms with Crippen molar-refractivity contribution in [3.63, 3.8) is 0 Å². The number of benzene rings is 4. The molecule has 0 saturated carbocycles. The molecule has 2 fully saturated rings. The smallest absolute Gasteiger partial charge is 1.00 e. The van der Waals surface area contributed by atoms with Crippen molar-refractivity contribution in [2.45, 2.75) is 38.5 Å². The van der Waals surface area contributed by atoms with Gasteiger partial charge in [0, 0.05) is 36.0 Å². The molecule has 59 heavy (non-hydrogen) atoms. The maximum absolute atomic E-state index is 8.81. The van der Waals surface area contributed by atoms with Gasteiger partial charge in [0.1, 0.15) is 0 Å². The fourth-order valence-corrected chi connectivity index (χ4v) is 5.74. The molecule has 19 heteroatoms. The molecule has 2 aliphatic heterocycles. The van der Waals surface area contributed by atoms with Crippen LogP contribution >= 0.6 is 0 Å². The van der Waals surface area contributed by atoms with Crippen molar-refractivity contribution in [1.29, 1.82) is 10.8 Å². The number of piperidine rings is 2. The molecule has 0 unspecified atom stereocenters. The molecule has 16 nitrogen and oxygen atoms in total. The van der Waals surface area contributed by atoms with Crippen LogP contribution < -0.4 is 69.2 Å². The summed E-state index contributed by atoms with van der Waals surface area (Å²) in [4.78, 5) is 33.2. The van der Waals surface area contributed by atoms with Crippen LogP contribution in [0.1, 0.15) is 38.5 Å². The number of guanidine groups is 4. The van der Waals surface area contributed by atoms with E-state index in [1.165, 1.54) is 12.8 Å². The maximum atomic E-state index is 8.81. The van der Waals surface area contributed by atoms with Crippen LogP contribution in [0.5, 0.6) is 0 Å². The number of likely N-dealkylation sites (tertiary alicyclic amines) is 2. The molecule has 4 aromatic rings. The van der Waals surface area contributed by atoms with Gasteiger partial charge >= 0.3 is 21.1 Å². The molecule has 6 rings (SSSR count). The van der Waals surface area contributed by atoms with Gasteiger partial charge in [-0.3, -0.25) is 40.8 Å². The van der Waals surface area contributed by atoms with E-state index in [2.05, 4.69) is 19.8 Å². The number of rotatable bonds is 4. The molecule has 0 atom stereocenters. The number of hydrogen-bond donors (Lipinski definition) is 4. The van der Waals surface area contributed by atoms with E-state index in [-0.39, 0.29) is 69.0 Å². The number of aliphatic imine (C=N–C) groups is 2. The summed E-state index contributed by atoms with van der Waals surface area (Å²) >= 11 is 0. The van der Waals surface area contributed by atoms with Crippen molar-refractivity contribution in [3.05, 3.63) is 142 Å². The second-order valence-corrected chi connectivity index (χ2v) is 12.6. The largest absolute Gasteiger partial charge is 2.00 e. The minimum atomic E-state index is -0.500. The van der Waals surface area contributed by atoms with Gasteiger partial charge in [0.25, 0.3) is 0 Å². The molecule has 2 saturated heterocycles. The zero-order valence-corrected chi connectivity index (χ0v) is 39.6. The van der Waals surface area contributed by atoms with E-state index >= 15 is 0 Å². The Labute approximate surface area is 394 Å². The molecule has 0 amide bonds. The first kappa shape index (κ1) is 54.3. The second-order valence-electron chi connectivity index (χ2n) is 12.6. The maximum Gasteiger partial charge on any atom is 2.00 e. The molecule has 6 N–H and O–H groups in total. The molecule has 0 bridgehead atoms. The number of para-hydroxylation sites is 4. The first-order chi connectivity index (χ1) is 27.0. The molecule has 0 radical (unpaired) electrons. The summed E-state index contributed by atoms with van der Waals surface area (Å²) in [5.74, 6) is 1.39. The Morgan fingerprint density at radius 2 is 0.780 bits per heavy atom. The van der Waals surface area contributed by atoms with E-state index in [1.54, 1.807) is 9.80 Å². The number of hydrogen-bond acceptors (Lipinski definition) is 8. The number of halogens is 2. The van der Waals surface area contributed by atoms with E-state index in [4.69, 9.17) is 42.5 Å². The minimum absolute atomic E-state index is 0. The second kappa shape index (κ2) is 30.4. The molecule has 2 aliphatic rings. The Kier molecular flexibility index (Phi) is 27.9. The average molecular weight is 1210 g/mol. The van der Waals surface area contributed by atoms with Crippen LogP contribution in [0.25, 0.3) is 0 Å². The van der Waals surface area contributed by atoms with Gasteiger partial charge in [0.2, 0.25) is 23.8 Å². The summed E-state index contributed by atoms with van der Waals surface area (Å²) in [6.07, 6.45) is 6.90. The zero-order chi connectivity index (χ0) is 40.7. The van der Waals surface area contributed by atoms with Crippen molar-refractivity contribution in [2.24, 2.45) is 21.5 Å². The number of nitro groups is 2. The van der Waals surface area contributed by atoms with Gasteiger partial charge in [-0.1, -0.05) is 72.8 Å². The average Bonchev–Trinajstić information content (AvgIpc) is 3.20. The fraction of sp³-hybridized carbons (Fsp3) is 0.300. The van der Waals surface area contributed by atoms with Gasteiger partial charge < -0.3 is 69.2 Å². The van der Waals surface area contributed by atoms with Crippen LogP contribution in [-0.2, 0) is 21.1 Å². The Balaban J connectivity index is 0.000000925. The summed E-state index contributed by atoms with van der Waals surface area (Å²) in [6.45, 7) is 3.56. The van der Waals surface area contributed by atoms with E-state index in [0.29, 0.717) is 23.8 Å². The number of nitrogens with zero attached hydrogens (tertiary/aromatic N) is 8. The van der Waals surface area contributed by atoms with E-state index in [9.17, 15) is 0 Å². The van der Waals surface area contributed by atoms with Crippen LogP contribution in [0.15, 0.2) is 131 Å². The zero-order valence-electron chi connectivity index (χ0n) is 33.1. The normalized spacial score (nSPS) is 13.2. The Hall–Kier alpha value is -4.69. The number of nitrogens with one attached hydrogen (secondary N) is 2. The summed E-state index contributed by atoms with van der Waals surface area (Å²) in [7, 11) is 1.78. The van der Waals surface area contributed by atoms with Crippen LogP contribution in [0.4, 0.5) is 22.7 Å². The summed E-state index contributed by atoms with van der Waals surface area (Å²) in [6, 6.07) is 38.7. The van der Waals surface area contributed by atoms with Gasteiger partial charge in [-0.25, -0.2) is 9.98 Å². The van der Waals surface area contributed by atoms with E-state index < -0.39 is 9.85 Å². The van der Waals surface area contributed by atoms with Crippen molar-refractivity contribution in [2.75, 3.05) is 50.1 Å². The molecule has 0 aromatic heterocycles. The fourth-order valence-electron chi connectivity index (χ4n) is 5.74. The van der Waals surface area contributed by atoms with Gasteiger partial charge in [-0.15, -0.1) is 0 Å².